The topological polar surface area (TPSA) is 38.7 Å². The molecule has 1 heterocycles. The van der Waals surface area contributed by atoms with Crippen LogP contribution in [0.4, 0.5) is 4.39 Å². The zero-order valence-electron chi connectivity index (χ0n) is 10.6. The molecule has 1 aliphatic heterocycles. The molecule has 19 heavy (non-hydrogen) atoms. The lowest BCUT2D eigenvalue weighted by atomic mass is 10.1. The molecule has 0 saturated carbocycles. The largest absolute Gasteiger partial charge is 0.491 e. The molecule has 0 aromatic heterocycles. The average molecular weight is 264 g/mol. The van der Waals surface area contributed by atoms with Gasteiger partial charge in [0.2, 0.25) is 0 Å². The van der Waals surface area contributed by atoms with E-state index in [4.69, 9.17) is 14.6 Å². The molecule has 1 N–H and O–H groups in total. The van der Waals surface area contributed by atoms with Crippen molar-refractivity contribution in [1.82, 2.24) is 0 Å². The minimum Gasteiger partial charge on any atom is -0.491 e. The summed E-state index contributed by atoms with van der Waals surface area (Å²) in [6.07, 6.45) is 2.73. The number of hydrogen-bond donors (Lipinski definition) is 1. The lowest BCUT2D eigenvalue weighted by Crippen LogP contribution is -2.18. The first kappa shape index (κ1) is 13.9. The monoisotopic (exact) mass is 264 g/mol. The maximum Gasteiger partial charge on any atom is 0.123 e. The molecule has 1 aliphatic rings. The Labute approximate surface area is 112 Å². The Morgan fingerprint density at radius 2 is 1.95 bits per heavy atom. The first-order valence-electron chi connectivity index (χ1n) is 6.38. The van der Waals surface area contributed by atoms with E-state index in [0.717, 1.165) is 12.8 Å². The molecule has 0 spiro atoms. The van der Waals surface area contributed by atoms with Crippen molar-refractivity contribution in [3.05, 3.63) is 30.1 Å². The van der Waals surface area contributed by atoms with Gasteiger partial charge in [0.05, 0.1) is 12.2 Å². The van der Waals surface area contributed by atoms with Crippen LogP contribution in [0, 0.1) is 17.7 Å². The van der Waals surface area contributed by atoms with Crippen LogP contribution in [0.3, 0.4) is 0 Å². The van der Waals surface area contributed by atoms with Gasteiger partial charge in [-0.25, -0.2) is 4.39 Å². The Morgan fingerprint density at radius 3 is 2.68 bits per heavy atom. The fourth-order valence-corrected chi connectivity index (χ4v) is 2.01. The maximum absolute atomic E-state index is 12.7. The van der Waals surface area contributed by atoms with Crippen LogP contribution in [-0.4, -0.2) is 30.5 Å². The highest BCUT2D eigenvalue weighted by molar-refractivity contribution is 5.22. The first-order valence-corrected chi connectivity index (χ1v) is 6.38. The van der Waals surface area contributed by atoms with Crippen molar-refractivity contribution in [3.63, 3.8) is 0 Å². The third-order valence-electron chi connectivity index (χ3n) is 2.98. The zero-order valence-corrected chi connectivity index (χ0v) is 10.6. The molecule has 0 aliphatic carbocycles. The summed E-state index contributed by atoms with van der Waals surface area (Å²) in [7, 11) is 0. The number of hydrogen-bond acceptors (Lipinski definition) is 3. The van der Waals surface area contributed by atoms with Crippen LogP contribution < -0.4 is 4.74 Å². The average Bonchev–Trinajstić information content (AvgIpc) is 2.86. The van der Waals surface area contributed by atoms with Crippen molar-refractivity contribution >= 4 is 0 Å². The summed E-state index contributed by atoms with van der Waals surface area (Å²) in [5.74, 6) is 5.86. The van der Waals surface area contributed by atoms with Gasteiger partial charge < -0.3 is 14.6 Å². The predicted molar refractivity (Wildman–Crippen MR) is 69.3 cm³/mol. The fraction of sp³-hybridized carbons (Fsp3) is 0.467. The van der Waals surface area contributed by atoms with Crippen molar-refractivity contribution in [1.29, 1.82) is 0 Å². The Hall–Kier alpha value is -1.57. The second-order valence-corrected chi connectivity index (χ2v) is 4.44. The van der Waals surface area contributed by atoms with Gasteiger partial charge in [-0.3, -0.25) is 0 Å². The molecule has 0 radical (unpaired) electrons. The van der Waals surface area contributed by atoms with Gasteiger partial charge in [-0.1, -0.05) is 11.8 Å². The Morgan fingerprint density at radius 1 is 1.21 bits per heavy atom. The molecule has 1 fully saturated rings. The summed E-state index contributed by atoms with van der Waals surface area (Å²) >= 11 is 0. The molecular weight excluding hydrogens is 247 g/mol. The number of aliphatic hydroxyl groups excluding tert-OH is 1. The van der Waals surface area contributed by atoms with E-state index in [9.17, 15) is 4.39 Å². The van der Waals surface area contributed by atoms with E-state index in [1.807, 2.05) is 0 Å². The van der Waals surface area contributed by atoms with Crippen LogP contribution in [0.1, 0.15) is 19.3 Å². The molecule has 1 aromatic carbocycles. The van der Waals surface area contributed by atoms with E-state index in [0.29, 0.717) is 18.8 Å². The van der Waals surface area contributed by atoms with E-state index in [-0.39, 0.29) is 24.6 Å². The van der Waals surface area contributed by atoms with Crippen molar-refractivity contribution in [3.8, 4) is 17.6 Å². The van der Waals surface area contributed by atoms with Crippen LogP contribution in [0.5, 0.6) is 5.75 Å². The third-order valence-corrected chi connectivity index (χ3v) is 2.98. The summed E-state index contributed by atoms with van der Waals surface area (Å²) in [5.41, 5.74) is 0. The second kappa shape index (κ2) is 7.13. The predicted octanol–water partition coefficient (Wildman–Crippen LogP) is 2.14. The van der Waals surface area contributed by atoms with E-state index in [1.165, 1.54) is 12.1 Å². The molecular formula is C15H17FO3. The van der Waals surface area contributed by atoms with Gasteiger partial charge in [-0.2, -0.15) is 0 Å². The number of aliphatic hydroxyl groups is 1. The van der Waals surface area contributed by atoms with Crippen molar-refractivity contribution in [2.75, 3.05) is 13.2 Å². The highest BCUT2D eigenvalue weighted by Gasteiger charge is 2.24. The summed E-state index contributed by atoms with van der Waals surface area (Å²) in [6.45, 7) is 0.361. The number of rotatable bonds is 4. The third kappa shape index (κ3) is 4.55. The lowest BCUT2D eigenvalue weighted by Gasteiger charge is -2.13. The van der Waals surface area contributed by atoms with Gasteiger partial charge in [-0.05, 0) is 37.1 Å². The lowest BCUT2D eigenvalue weighted by molar-refractivity contribution is 0.0205. The standard InChI is InChI=1S/C15H17FO3/c16-12-4-6-13(7-5-12)18-11-15-9-8-14(19-15)3-1-2-10-17/h4-7,14-15,17H,3,8-11H2/t14-,15-/m0/s1. The number of benzene rings is 1. The van der Waals surface area contributed by atoms with Gasteiger partial charge in [0.25, 0.3) is 0 Å². The quantitative estimate of drug-likeness (QED) is 0.847. The highest BCUT2D eigenvalue weighted by Crippen LogP contribution is 2.23. The molecule has 0 unspecified atom stereocenters. The molecule has 0 bridgehead atoms. The van der Waals surface area contributed by atoms with Gasteiger partial charge in [0.1, 0.15) is 24.8 Å². The smallest absolute Gasteiger partial charge is 0.123 e. The Balaban J connectivity index is 1.71. The molecule has 4 heteroatoms. The number of halogens is 1. The molecule has 1 aromatic rings. The molecule has 2 atom stereocenters. The Kier molecular flexibility index (Phi) is 5.20. The van der Waals surface area contributed by atoms with E-state index in [1.54, 1.807) is 12.1 Å². The van der Waals surface area contributed by atoms with Crippen LogP contribution in [0.25, 0.3) is 0 Å². The molecule has 2 rings (SSSR count). The number of ether oxygens (including phenoxy) is 2. The van der Waals surface area contributed by atoms with Crippen LogP contribution in [-0.2, 0) is 4.74 Å². The van der Waals surface area contributed by atoms with Crippen LogP contribution in [0.15, 0.2) is 24.3 Å². The van der Waals surface area contributed by atoms with Crippen LogP contribution >= 0.6 is 0 Å². The van der Waals surface area contributed by atoms with Crippen molar-refractivity contribution < 1.29 is 19.0 Å². The van der Waals surface area contributed by atoms with Crippen LogP contribution in [0.2, 0.25) is 0 Å². The highest BCUT2D eigenvalue weighted by atomic mass is 19.1. The van der Waals surface area contributed by atoms with Crippen molar-refractivity contribution in [2.45, 2.75) is 31.5 Å². The molecule has 0 amide bonds. The Bertz CT molecular complexity index is 447. The van der Waals surface area contributed by atoms with E-state index < -0.39 is 0 Å². The zero-order chi connectivity index (χ0) is 13.5. The molecule has 1 saturated heterocycles. The van der Waals surface area contributed by atoms with Gasteiger partial charge in [0.15, 0.2) is 0 Å². The molecule has 3 nitrogen and oxygen atoms in total. The van der Waals surface area contributed by atoms with Gasteiger partial charge in [-0.15, -0.1) is 0 Å². The second-order valence-electron chi connectivity index (χ2n) is 4.44. The summed E-state index contributed by atoms with van der Waals surface area (Å²) in [5, 5.41) is 8.56. The normalized spacial score (nSPS) is 21.8. The SMILES string of the molecule is OCC#CC[C@H]1CC[C@@H](COc2ccc(F)cc2)O1. The maximum atomic E-state index is 12.7. The molecule has 102 valence electrons. The van der Waals surface area contributed by atoms with E-state index >= 15 is 0 Å². The van der Waals surface area contributed by atoms with E-state index in [2.05, 4.69) is 11.8 Å². The minimum absolute atomic E-state index is 0.0611. The summed E-state index contributed by atoms with van der Waals surface area (Å²) < 4.78 is 24.0. The van der Waals surface area contributed by atoms with Crippen molar-refractivity contribution in [2.24, 2.45) is 0 Å². The first-order chi connectivity index (χ1) is 9.28. The fourth-order valence-electron chi connectivity index (χ4n) is 2.01. The minimum atomic E-state index is -0.271. The summed E-state index contributed by atoms with van der Waals surface area (Å²) in [6, 6.07) is 5.96. The van der Waals surface area contributed by atoms with Gasteiger partial charge >= 0.3 is 0 Å². The van der Waals surface area contributed by atoms with Gasteiger partial charge in [0, 0.05) is 6.42 Å². The summed E-state index contributed by atoms with van der Waals surface area (Å²) in [4.78, 5) is 0.